The van der Waals surface area contributed by atoms with Crippen molar-refractivity contribution >= 4 is 23.2 Å². The first-order chi connectivity index (χ1) is 12.6. The van der Waals surface area contributed by atoms with E-state index in [9.17, 15) is 14.4 Å². The van der Waals surface area contributed by atoms with Gasteiger partial charge >= 0.3 is 5.97 Å². The molecule has 0 saturated heterocycles. The Labute approximate surface area is 148 Å². The van der Waals surface area contributed by atoms with Crippen molar-refractivity contribution in [3.8, 4) is 5.75 Å². The third-order valence-corrected chi connectivity index (χ3v) is 3.70. The van der Waals surface area contributed by atoms with Crippen LogP contribution >= 0.6 is 0 Å². The van der Waals surface area contributed by atoms with Crippen LogP contribution in [-0.2, 0) is 9.53 Å². The first kappa shape index (κ1) is 17.3. The molecule has 0 amide bonds. The number of H-pyrrole nitrogens is 1. The minimum atomic E-state index is -0.735. The minimum Gasteiger partial charge on any atom is -0.482 e. The van der Waals surface area contributed by atoms with Crippen LogP contribution in [0.2, 0.25) is 0 Å². The Hall–Kier alpha value is -3.48. The van der Waals surface area contributed by atoms with Crippen LogP contribution in [0, 0.1) is 0 Å². The van der Waals surface area contributed by atoms with Crippen molar-refractivity contribution < 1.29 is 19.1 Å². The van der Waals surface area contributed by atoms with Gasteiger partial charge in [0.2, 0.25) is 0 Å². The second kappa shape index (κ2) is 7.60. The number of aromatic nitrogens is 2. The number of fused-ring (bicyclic) bond motifs is 1. The fraction of sp³-hybridized carbons (Fsp3) is 0.158. The maximum Gasteiger partial charge on any atom is 0.344 e. The van der Waals surface area contributed by atoms with E-state index in [4.69, 9.17) is 9.47 Å². The third kappa shape index (κ3) is 3.94. The molecule has 7 nitrogen and oxygen atoms in total. The van der Waals surface area contributed by atoms with E-state index < -0.39 is 12.1 Å². The highest BCUT2D eigenvalue weighted by molar-refractivity contribution is 5.77. The summed E-state index contributed by atoms with van der Waals surface area (Å²) in [7, 11) is 0. The van der Waals surface area contributed by atoms with E-state index in [2.05, 4.69) is 9.97 Å². The third-order valence-electron chi connectivity index (χ3n) is 3.70. The van der Waals surface area contributed by atoms with Gasteiger partial charge in [-0.2, -0.15) is 0 Å². The molecule has 0 aliphatic rings. The van der Waals surface area contributed by atoms with E-state index in [0.29, 0.717) is 22.2 Å². The number of esters is 1. The van der Waals surface area contributed by atoms with Crippen LogP contribution in [0.25, 0.3) is 10.9 Å². The topological polar surface area (TPSA) is 98.3 Å². The summed E-state index contributed by atoms with van der Waals surface area (Å²) in [5.41, 5.74) is 0.751. The van der Waals surface area contributed by atoms with Crippen LogP contribution in [0.4, 0.5) is 0 Å². The molecule has 0 radical (unpaired) electrons. The van der Waals surface area contributed by atoms with Gasteiger partial charge in [-0.25, -0.2) is 9.78 Å². The molecule has 0 aliphatic carbocycles. The molecule has 0 spiro atoms. The van der Waals surface area contributed by atoms with Crippen LogP contribution in [0.1, 0.15) is 29.2 Å². The smallest absolute Gasteiger partial charge is 0.344 e. The fourth-order valence-electron chi connectivity index (χ4n) is 2.37. The molecule has 1 heterocycles. The van der Waals surface area contributed by atoms with Crippen molar-refractivity contribution in [3.63, 3.8) is 0 Å². The largest absolute Gasteiger partial charge is 0.482 e. The van der Waals surface area contributed by atoms with Crippen molar-refractivity contribution in [1.82, 2.24) is 9.97 Å². The lowest BCUT2D eigenvalue weighted by Gasteiger charge is -2.13. The van der Waals surface area contributed by atoms with Gasteiger partial charge in [-0.3, -0.25) is 9.59 Å². The predicted molar refractivity (Wildman–Crippen MR) is 94.2 cm³/mol. The molecule has 2 aromatic carbocycles. The first-order valence-corrected chi connectivity index (χ1v) is 7.93. The lowest BCUT2D eigenvalue weighted by Crippen LogP contribution is -2.20. The van der Waals surface area contributed by atoms with Gasteiger partial charge in [-0.05, 0) is 43.3 Å². The zero-order chi connectivity index (χ0) is 18.5. The quantitative estimate of drug-likeness (QED) is 0.540. The number of carbonyl (C=O) groups is 2. The summed E-state index contributed by atoms with van der Waals surface area (Å²) in [5.74, 6) is 0.0996. The molecule has 0 fully saturated rings. The van der Waals surface area contributed by atoms with Crippen molar-refractivity contribution in [2.75, 3.05) is 6.61 Å². The van der Waals surface area contributed by atoms with E-state index >= 15 is 0 Å². The van der Waals surface area contributed by atoms with Gasteiger partial charge in [-0.1, -0.05) is 12.1 Å². The van der Waals surface area contributed by atoms with Crippen LogP contribution in [0.3, 0.4) is 0 Å². The van der Waals surface area contributed by atoms with Crippen molar-refractivity contribution in [3.05, 3.63) is 70.3 Å². The second-order valence-electron chi connectivity index (χ2n) is 5.58. The maximum atomic E-state index is 12.1. The van der Waals surface area contributed by atoms with Gasteiger partial charge < -0.3 is 14.5 Å². The highest BCUT2D eigenvalue weighted by Crippen LogP contribution is 2.15. The Morgan fingerprint density at radius 3 is 2.65 bits per heavy atom. The highest BCUT2D eigenvalue weighted by Gasteiger charge is 2.16. The summed E-state index contributed by atoms with van der Waals surface area (Å²) in [4.78, 5) is 41.6. The van der Waals surface area contributed by atoms with E-state index in [-0.39, 0.29) is 18.0 Å². The molecule has 0 unspecified atom stereocenters. The lowest BCUT2D eigenvalue weighted by atomic mass is 10.2. The van der Waals surface area contributed by atoms with Crippen LogP contribution in [0.5, 0.6) is 5.75 Å². The van der Waals surface area contributed by atoms with Gasteiger partial charge in [0.15, 0.2) is 18.5 Å². The van der Waals surface area contributed by atoms with E-state index in [1.165, 1.54) is 0 Å². The number of para-hydroxylation sites is 1. The summed E-state index contributed by atoms with van der Waals surface area (Å²) in [6.45, 7) is 1.31. The highest BCUT2D eigenvalue weighted by atomic mass is 16.6. The summed E-state index contributed by atoms with van der Waals surface area (Å²) < 4.78 is 10.6. The molecule has 3 aromatic rings. The number of ether oxygens (including phenoxy) is 2. The number of aldehydes is 1. The van der Waals surface area contributed by atoms with E-state index in [0.717, 1.165) is 6.29 Å². The molecule has 0 aliphatic heterocycles. The Bertz CT molecular complexity index is 995. The van der Waals surface area contributed by atoms with Crippen LogP contribution < -0.4 is 10.3 Å². The van der Waals surface area contributed by atoms with E-state index in [1.807, 2.05) is 0 Å². The Morgan fingerprint density at radius 1 is 1.19 bits per heavy atom. The number of carbonyl (C=O) groups excluding carboxylic acids is 2. The molecule has 7 heteroatoms. The predicted octanol–water partition coefficient (Wildman–Crippen LogP) is 2.42. The zero-order valence-corrected chi connectivity index (χ0v) is 14.0. The Kier molecular flexibility index (Phi) is 5.07. The van der Waals surface area contributed by atoms with Crippen molar-refractivity contribution in [1.29, 1.82) is 0 Å². The van der Waals surface area contributed by atoms with Gasteiger partial charge in [0.1, 0.15) is 12.0 Å². The number of benzene rings is 2. The number of rotatable bonds is 6. The van der Waals surface area contributed by atoms with Gasteiger partial charge in [0.05, 0.1) is 10.9 Å². The molecule has 132 valence electrons. The van der Waals surface area contributed by atoms with Gasteiger partial charge in [0.25, 0.3) is 5.56 Å². The van der Waals surface area contributed by atoms with Crippen LogP contribution in [-0.4, -0.2) is 28.8 Å². The molecule has 0 bridgehead atoms. The molecule has 26 heavy (non-hydrogen) atoms. The minimum absolute atomic E-state index is 0.261. The molecular weight excluding hydrogens is 336 g/mol. The summed E-state index contributed by atoms with van der Waals surface area (Å²) in [6.07, 6.45) is -0.0160. The summed E-state index contributed by atoms with van der Waals surface area (Å²) >= 11 is 0. The average Bonchev–Trinajstić information content (AvgIpc) is 2.66. The van der Waals surface area contributed by atoms with Gasteiger partial charge in [-0.15, -0.1) is 0 Å². The Balaban J connectivity index is 1.63. The summed E-state index contributed by atoms with van der Waals surface area (Å²) in [5, 5.41) is 0.469. The van der Waals surface area contributed by atoms with Crippen molar-refractivity contribution in [2.24, 2.45) is 0 Å². The normalized spacial score (nSPS) is 11.7. The molecule has 0 saturated carbocycles. The SMILES string of the molecule is C[C@H](OC(=O)COc1ccc(C=O)cc1)c1nc2ccccc2c(=O)[nH]1. The molecule has 1 N–H and O–H groups in total. The number of hydrogen-bond acceptors (Lipinski definition) is 6. The fourth-order valence-corrected chi connectivity index (χ4v) is 2.37. The zero-order valence-electron chi connectivity index (χ0n) is 14.0. The molecule has 1 atom stereocenters. The van der Waals surface area contributed by atoms with Gasteiger partial charge in [0, 0.05) is 5.56 Å². The number of aromatic amines is 1. The van der Waals surface area contributed by atoms with E-state index in [1.54, 1.807) is 55.5 Å². The molecule has 3 rings (SSSR count). The maximum absolute atomic E-state index is 12.1. The van der Waals surface area contributed by atoms with Crippen molar-refractivity contribution in [2.45, 2.75) is 13.0 Å². The number of nitrogens with zero attached hydrogens (tertiary/aromatic N) is 1. The van der Waals surface area contributed by atoms with Crippen LogP contribution in [0.15, 0.2) is 53.3 Å². The monoisotopic (exact) mass is 352 g/mol. The standard InChI is InChI=1S/C19H16N2O5/c1-12(18-20-16-5-3-2-4-15(16)19(24)21-18)26-17(23)11-25-14-8-6-13(10-22)7-9-14/h2-10,12H,11H2,1H3,(H,20,21,24)/t12-/m0/s1. The average molecular weight is 352 g/mol. The number of hydrogen-bond donors (Lipinski definition) is 1. The second-order valence-corrected chi connectivity index (χ2v) is 5.58. The summed E-state index contributed by atoms with van der Waals surface area (Å²) in [6, 6.07) is 13.3. The molecule has 1 aromatic heterocycles. The Morgan fingerprint density at radius 2 is 1.92 bits per heavy atom. The molecular formula is C19H16N2O5. The first-order valence-electron chi connectivity index (χ1n) is 7.93. The lowest BCUT2D eigenvalue weighted by molar-refractivity contribution is -0.151. The number of nitrogens with one attached hydrogen (secondary N) is 1.